The number of fused-ring (bicyclic) bond motifs is 2. The standard InChI is InChI=1S/C42H43N7O8/c1-45-19-31(27-8-10-43-16-30(27)39(45)53)25-13-34(56-2)32(35(14-25)57-3)20-46-17-24(18-46)12-37(51)48-22-42(23-48)9-11-47(21-42)26-4-5-28-29(15-26)41(55)49(40(28)54)33-6-7-36(50)44-38(33)52/h4-5,8,10,13-16,19,24,33H,6-7,9,11-12,17-18,20-23H2,1-3H3,(H,44,50,52). The zero-order valence-electron chi connectivity index (χ0n) is 32.1. The van der Waals surface area contributed by atoms with Crippen molar-refractivity contribution in [1.29, 1.82) is 0 Å². The first-order valence-corrected chi connectivity index (χ1v) is 19.2. The summed E-state index contributed by atoms with van der Waals surface area (Å²) < 4.78 is 13.3. The van der Waals surface area contributed by atoms with E-state index in [0.29, 0.717) is 42.9 Å². The molecule has 1 unspecified atom stereocenters. The highest BCUT2D eigenvalue weighted by atomic mass is 16.5. The number of aryl methyl sites for hydroxylation is 1. The molecule has 0 bridgehead atoms. The summed E-state index contributed by atoms with van der Waals surface area (Å²) in [5.41, 5.74) is 3.88. The van der Waals surface area contributed by atoms with E-state index in [1.807, 2.05) is 35.4 Å². The van der Waals surface area contributed by atoms with Gasteiger partial charge in [-0.25, -0.2) is 0 Å². The second-order valence-electron chi connectivity index (χ2n) is 16.1. The molecule has 2 aromatic carbocycles. The smallest absolute Gasteiger partial charge is 0.262 e. The Morgan fingerprint density at radius 2 is 1.65 bits per heavy atom. The van der Waals surface area contributed by atoms with Crippen molar-refractivity contribution in [2.75, 3.05) is 58.4 Å². The number of amides is 5. The zero-order chi connectivity index (χ0) is 39.7. The van der Waals surface area contributed by atoms with Crippen LogP contribution in [0.1, 0.15) is 52.0 Å². The summed E-state index contributed by atoms with van der Waals surface area (Å²) in [5, 5.41) is 3.57. The Bertz CT molecular complexity index is 2430. The number of imide groups is 2. The third-order valence-corrected chi connectivity index (χ3v) is 12.4. The van der Waals surface area contributed by atoms with Gasteiger partial charge in [0.2, 0.25) is 17.7 Å². The summed E-state index contributed by atoms with van der Waals surface area (Å²) >= 11 is 0. The molecule has 1 N–H and O–H groups in total. The third-order valence-electron chi connectivity index (χ3n) is 12.4. The van der Waals surface area contributed by atoms with Crippen molar-refractivity contribution in [2.45, 2.75) is 38.3 Å². The molecule has 4 fully saturated rings. The van der Waals surface area contributed by atoms with Gasteiger partial charge in [0.15, 0.2) is 0 Å². The second-order valence-corrected chi connectivity index (χ2v) is 16.1. The van der Waals surface area contributed by atoms with Crippen molar-refractivity contribution < 1.29 is 33.4 Å². The summed E-state index contributed by atoms with van der Waals surface area (Å²) in [4.78, 5) is 88.4. The van der Waals surface area contributed by atoms with E-state index in [-0.39, 0.29) is 46.8 Å². The average molecular weight is 774 g/mol. The van der Waals surface area contributed by atoms with Crippen LogP contribution in [0.3, 0.4) is 0 Å². The lowest BCUT2D eigenvalue weighted by molar-refractivity contribution is -0.144. The molecule has 4 aromatic rings. The molecule has 1 atom stereocenters. The van der Waals surface area contributed by atoms with Crippen LogP contribution in [0.5, 0.6) is 11.5 Å². The van der Waals surface area contributed by atoms with Crippen LogP contribution in [0.4, 0.5) is 5.69 Å². The number of ether oxygens (including phenoxy) is 2. The number of piperidine rings is 1. The van der Waals surface area contributed by atoms with Crippen LogP contribution in [0, 0.1) is 11.3 Å². The minimum atomic E-state index is -1.000. The van der Waals surface area contributed by atoms with Gasteiger partial charge in [0.25, 0.3) is 17.4 Å². The highest BCUT2D eigenvalue weighted by molar-refractivity contribution is 6.23. The minimum Gasteiger partial charge on any atom is -0.496 e. The lowest BCUT2D eigenvalue weighted by atomic mass is 9.78. The molecule has 0 aliphatic carbocycles. The number of nitrogens with one attached hydrogen (secondary N) is 1. The van der Waals surface area contributed by atoms with Crippen LogP contribution >= 0.6 is 0 Å². The van der Waals surface area contributed by atoms with Crippen LogP contribution in [-0.4, -0.2) is 113 Å². The number of carbonyl (C=O) groups excluding carboxylic acids is 5. The molecule has 57 heavy (non-hydrogen) atoms. The first-order valence-electron chi connectivity index (χ1n) is 19.2. The first kappa shape index (κ1) is 36.5. The van der Waals surface area contributed by atoms with Crippen molar-refractivity contribution in [1.82, 2.24) is 29.6 Å². The Morgan fingerprint density at radius 3 is 2.37 bits per heavy atom. The number of benzene rings is 2. The predicted octanol–water partition coefficient (Wildman–Crippen LogP) is 2.58. The molecule has 4 saturated heterocycles. The van der Waals surface area contributed by atoms with E-state index in [1.54, 1.807) is 50.4 Å². The fraction of sp³-hybridized carbons (Fsp3) is 0.405. The number of carbonyl (C=O) groups is 5. The molecule has 5 aliphatic rings. The first-order chi connectivity index (χ1) is 27.5. The molecule has 15 nitrogen and oxygen atoms in total. The number of hydrogen-bond donors (Lipinski definition) is 1. The van der Waals surface area contributed by atoms with E-state index in [2.05, 4.69) is 20.1 Å². The third kappa shape index (κ3) is 6.20. The molecule has 5 amide bonds. The number of aromatic nitrogens is 2. The summed E-state index contributed by atoms with van der Waals surface area (Å²) in [6.45, 7) is 5.06. The Kier molecular flexibility index (Phi) is 8.87. The molecule has 7 heterocycles. The zero-order valence-corrected chi connectivity index (χ0v) is 32.1. The van der Waals surface area contributed by atoms with Crippen LogP contribution < -0.4 is 25.2 Å². The summed E-state index contributed by atoms with van der Waals surface area (Å²) in [7, 11) is 5.00. The lowest BCUT2D eigenvalue weighted by Crippen LogP contribution is -2.60. The minimum absolute atomic E-state index is 0.0181. The van der Waals surface area contributed by atoms with E-state index >= 15 is 0 Å². The van der Waals surface area contributed by atoms with Gasteiger partial charge in [-0.2, -0.15) is 0 Å². The van der Waals surface area contributed by atoms with Gasteiger partial charge >= 0.3 is 0 Å². The van der Waals surface area contributed by atoms with Gasteiger partial charge < -0.3 is 23.8 Å². The Labute approximate surface area is 328 Å². The van der Waals surface area contributed by atoms with Crippen LogP contribution in [0.2, 0.25) is 0 Å². The van der Waals surface area contributed by atoms with Gasteiger partial charge in [-0.15, -0.1) is 0 Å². The molecule has 2 aromatic heterocycles. The number of rotatable bonds is 9. The van der Waals surface area contributed by atoms with Gasteiger partial charge in [-0.1, -0.05) is 0 Å². The van der Waals surface area contributed by atoms with E-state index in [9.17, 15) is 28.8 Å². The van der Waals surface area contributed by atoms with Gasteiger partial charge in [-0.3, -0.25) is 48.9 Å². The van der Waals surface area contributed by atoms with E-state index in [1.165, 1.54) is 0 Å². The second kappa shape index (κ2) is 13.8. The van der Waals surface area contributed by atoms with Crippen molar-refractivity contribution in [3.63, 3.8) is 0 Å². The normalized spacial score (nSPS) is 20.5. The lowest BCUT2D eigenvalue weighted by Gasteiger charge is -2.49. The molecule has 0 radical (unpaired) electrons. The Balaban J connectivity index is 0.791. The largest absolute Gasteiger partial charge is 0.496 e. The van der Waals surface area contributed by atoms with Crippen LogP contribution in [-0.2, 0) is 28.0 Å². The van der Waals surface area contributed by atoms with E-state index in [0.717, 1.165) is 65.3 Å². The molecular formula is C42H43N7O8. The Morgan fingerprint density at radius 1 is 0.912 bits per heavy atom. The van der Waals surface area contributed by atoms with Crippen molar-refractivity contribution in [3.05, 3.63) is 82.0 Å². The topological polar surface area (TPSA) is 164 Å². The maximum atomic E-state index is 13.4. The highest BCUT2D eigenvalue weighted by Gasteiger charge is 2.50. The molecule has 9 rings (SSSR count). The Hall–Kier alpha value is -6.09. The number of likely N-dealkylation sites (tertiary alicyclic amines) is 2. The number of anilines is 1. The maximum absolute atomic E-state index is 13.4. The van der Waals surface area contributed by atoms with Crippen molar-refractivity contribution >= 4 is 46.0 Å². The van der Waals surface area contributed by atoms with E-state index < -0.39 is 29.7 Å². The van der Waals surface area contributed by atoms with Crippen LogP contribution in [0.15, 0.2) is 59.8 Å². The highest BCUT2D eigenvalue weighted by Crippen LogP contribution is 2.43. The van der Waals surface area contributed by atoms with Gasteiger partial charge in [0.05, 0.1) is 36.3 Å². The molecule has 1 spiro atoms. The van der Waals surface area contributed by atoms with Crippen LogP contribution in [0.25, 0.3) is 21.9 Å². The summed E-state index contributed by atoms with van der Waals surface area (Å²) in [5.74, 6) is -0.281. The summed E-state index contributed by atoms with van der Waals surface area (Å²) in [6, 6.07) is 10.0. The van der Waals surface area contributed by atoms with Crippen molar-refractivity contribution in [2.24, 2.45) is 18.4 Å². The molecular weight excluding hydrogens is 731 g/mol. The van der Waals surface area contributed by atoms with Gasteiger partial charge in [-0.05, 0) is 66.1 Å². The number of methoxy groups -OCH3 is 2. The molecule has 5 aliphatic heterocycles. The van der Waals surface area contributed by atoms with Gasteiger partial charge in [0, 0.05) is 101 Å². The van der Waals surface area contributed by atoms with Gasteiger partial charge in [0.1, 0.15) is 17.5 Å². The average Bonchev–Trinajstić information content (AvgIpc) is 3.74. The van der Waals surface area contributed by atoms with E-state index in [4.69, 9.17) is 9.47 Å². The molecule has 0 saturated carbocycles. The SMILES string of the molecule is COc1cc(-c2cn(C)c(=O)c3cnccc23)cc(OC)c1CN1CC(CC(=O)N2CC3(CCN(c4ccc5c(c4)C(=O)N(C4CCC(=O)NC4=O)C5=O)C3)C2)C1. The predicted molar refractivity (Wildman–Crippen MR) is 208 cm³/mol. The summed E-state index contributed by atoms with van der Waals surface area (Å²) in [6.07, 6.45) is 6.68. The molecule has 15 heteroatoms. The van der Waals surface area contributed by atoms with Crippen molar-refractivity contribution in [3.8, 4) is 22.6 Å². The maximum Gasteiger partial charge on any atom is 0.262 e. The number of nitrogens with zero attached hydrogens (tertiary/aromatic N) is 6. The number of pyridine rings is 2. The monoisotopic (exact) mass is 773 g/mol. The molecule has 294 valence electrons. The quantitative estimate of drug-likeness (QED) is 0.249. The fourth-order valence-electron chi connectivity index (χ4n) is 9.38. The fourth-order valence-corrected chi connectivity index (χ4v) is 9.38. The number of hydrogen-bond acceptors (Lipinski definition) is 11.